The third-order valence-electron chi connectivity index (χ3n) is 8.14. The zero-order valence-corrected chi connectivity index (χ0v) is 28.5. The molecule has 0 saturated heterocycles. The molecule has 0 heterocycles. The predicted molar refractivity (Wildman–Crippen MR) is 187 cm³/mol. The number of nitrogens with one attached hydrogen (secondary N) is 4. The van der Waals surface area contributed by atoms with Crippen molar-refractivity contribution in [1.29, 1.82) is 0 Å². The Morgan fingerprint density at radius 3 is 1.15 bits per heavy atom. The minimum absolute atomic E-state index is 0.0305. The van der Waals surface area contributed by atoms with Crippen LogP contribution in [-0.2, 0) is 9.59 Å². The number of nitrogens with zero attached hydrogens (tertiary/aromatic N) is 2. The molecular weight excluding hydrogens is 580 g/mol. The Hall–Kier alpha value is -3.76. The number of hydrogen-bond acceptors (Lipinski definition) is 6. The average Bonchev–Trinajstić information content (AvgIpc) is 3.06. The molecule has 0 fully saturated rings. The van der Waals surface area contributed by atoms with Crippen LogP contribution in [0.2, 0.25) is 0 Å². The third kappa shape index (κ3) is 15.5. The third-order valence-corrected chi connectivity index (χ3v) is 8.14. The maximum absolute atomic E-state index is 12.3. The van der Waals surface area contributed by atoms with Crippen molar-refractivity contribution in [2.75, 3.05) is 63.0 Å². The van der Waals surface area contributed by atoms with E-state index in [0.717, 1.165) is 77.8 Å². The standard InChI is InChI=1S/C36H56N6O4/c1-5-41(6-2)27-25-37-35(45)29-17-21-31(22-18-29)39-33(43)15-13-11-9-10-12-14-16-34(44)40-32-23-19-30(20-24-32)36(46)38-26-28-42(7-3)8-4/h17-24H,5-16,25-28H2,1-4H3,(H,37,45)(H,38,46)(H,39,43)(H,40,44). The van der Waals surface area contributed by atoms with Crippen LogP contribution >= 0.6 is 0 Å². The second-order valence-corrected chi connectivity index (χ2v) is 11.4. The van der Waals surface area contributed by atoms with Crippen molar-refractivity contribution < 1.29 is 19.2 Å². The molecule has 4 amide bonds. The minimum atomic E-state index is -0.111. The van der Waals surface area contributed by atoms with Crippen LogP contribution in [0.25, 0.3) is 0 Å². The van der Waals surface area contributed by atoms with E-state index in [9.17, 15) is 19.2 Å². The van der Waals surface area contributed by atoms with Crippen molar-refractivity contribution in [2.24, 2.45) is 0 Å². The van der Waals surface area contributed by atoms with Gasteiger partial charge in [0.1, 0.15) is 0 Å². The summed E-state index contributed by atoms with van der Waals surface area (Å²) in [6.07, 6.45) is 6.48. The summed E-state index contributed by atoms with van der Waals surface area (Å²) in [5.74, 6) is -0.284. The highest BCUT2D eigenvalue weighted by molar-refractivity contribution is 5.96. The number of anilines is 2. The lowest BCUT2D eigenvalue weighted by Crippen LogP contribution is -2.34. The van der Waals surface area contributed by atoms with E-state index in [-0.39, 0.29) is 23.6 Å². The highest BCUT2D eigenvalue weighted by Crippen LogP contribution is 2.14. The first-order chi connectivity index (χ1) is 22.3. The smallest absolute Gasteiger partial charge is 0.251 e. The Morgan fingerprint density at radius 2 is 0.826 bits per heavy atom. The van der Waals surface area contributed by atoms with Crippen molar-refractivity contribution >= 4 is 35.0 Å². The molecule has 0 unspecified atom stereocenters. The van der Waals surface area contributed by atoms with E-state index in [4.69, 9.17) is 0 Å². The molecule has 2 aromatic rings. The van der Waals surface area contributed by atoms with Crippen molar-refractivity contribution in [3.8, 4) is 0 Å². The topological polar surface area (TPSA) is 123 Å². The summed E-state index contributed by atoms with van der Waals surface area (Å²) < 4.78 is 0. The first-order valence-electron chi connectivity index (χ1n) is 17.1. The second-order valence-electron chi connectivity index (χ2n) is 11.4. The van der Waals surface area contributed by atoms with Crippen LogP contribution in [0.4, 0.5) is 11.4 Å². The molecule has 0 saturated carbocycles. The van der Waals surface area contributed by atoms with E-state index in [1.807, 2.05) is 0 Å². The zero-order chi connectivity index (χ0) is 33.6. The van der Waals surface area contributed by atoms with Crippen molar-refractivity contribution in [1.82, 2.24) is 20.4 Å². The molecule has 0 bridgehead atoms. The largest absolute Gasteiger partial charge is 0.351 e. The fourth-order valence-electron chi connectivity index (χ4n) is 5.07. The van der Waals surface area contributed by atoms with Gasteiger partial charge in [0.05, 0.1) is 0 Å². The molecule has 2 rings (SSSR count). The molecule has 0 aliphatic rings. The zero-order valence-electron chi connectivity index (χ0n) is 28.5. The number of likely N-dealkylation sites (N-methyl/N-ethyl adjacent to an activating group) is 2. The molecule has 2 aromatic carbocycles. The van der Waals surface area contributed by atoms with Gasteiger partial charge in [0.2, 0.25) is 11.8 Å². The number of benzene rings is 2. The monoisotopic (exact) mass is 636 g/mol. The van der Waals surface area contributed by atoms with Gasteiger partial charge in [-0.1, -0.05) is 53.4 Å². The van der Waals surface area contributed by atoms with Gasteiger partial charge >= 0.3 is 0 Å². The number of carbonyl (C=O) groups excluding carboxylic acids is 4. The highest BCUT2D eigenvalue weighted by Gasteiger charge is 2.09. The Kier molecular flexibility index (Phi) is 19.0. The van der Waals surface area contributed by atoms with Gasteiger partial charge in [0.15, 0.2) is 0 Å². The van der Waals surface area contributed by atoms with Crippen molar-refractivity contribution in [3.63, 3.8) is 0 Å². The first-order valence-corrected chi connectivity index (χ1v) is 17.1. The van der Waals surface area contributed by atoms with E-state index in [2.05, 4.69) is 58.8 Å². The predicted octanol–water partition coefficient (Wildman–Crippen LogP) is 5.53. The van der Waals surface area contributed by atoms with Gasteiger partial charge in [-0.3, -0.25) is 19.2 Å². The Balaban J connectivity index is 1.52. The summed E-state index contributed by atoms with van der Waals surface area (Å²) in [5, 5.41) is 11.7. The minimum Gasteiger partial charge on any atom is -0.351 e. The summed E-state index contributed by atoms with van der Waals surface area (Å²) >= 11 is 0. The van der Waals surface area contributed by atoms with E-state index in [1.54, 1.807) is 48.5 Å². The summed E-state index contributed by atoms with van der Waals surface area (Å²) in [4.78, 5) is 53.9. The van der Waals surface area contributed by atoms with Gasteiger partial charge in [0, 0.05) is 61.5 Å². The lowest BCUT2D eigenvalue weighted by atomic mass is 10.1. The molecule has 0 aliphatic heterocycles. The maximum Gasteiger partial charge on any atom is 0.251 e. The quantitative estimate of drug-likeness (QED) is 0.119. The van der Waals surface area contributed by atoms with Crippen LogP contribution in [0.1, 0.15) is 99.8 Å². The number of amides is 4. The number of rotatable bonds is 23. The Labute approximate surface area is 276 Å². The highest BCUT2D eigenvalue weighted by atomic mass is 16.2. The molecular formula is C36H56N6O4. The van der Waals surface area contributed by atoms with Gasteiger partial charge < -0.3 is 31.1 Å². The first kappa shape index (κ1) is 38.4. The van der Waals surface area contributed by atoms with Gasteiger partial charge in [-0.2, -0.15) is 0 Å². The molecule has 0 spiro atoms. The molecule has 10 heteroatoms. The van der Waals surface area contributed by atoms with Crippen molar-refractivity contribution in [3.05, 3.63) is 59.7 Å². The Morgan fingerprint density at radius 1 is 0.500 bits per heavy atom. The van der Waals surface area contributed by atoms with Crippen LogP contribution in [0, 0.1) is 0 Å². The van der Waals surface area contributed by atoms with Crippen LogP contribution in [0.3, 0.4) is 0 Å². The van der Waals surface area contributed by atoms with Gasteiger partial charge in [-0.05, 0) is 87.6 Å². The molecule has 10 nitrogen and oxygen atoms in total. The molecule has 0 radical (unpaired) electrons. The van der Waals surface area contributed by atoms with Crippen LogP contribution in [-0.4, -0.2) is 85.8 Å². The van der Waals surface area contributed by atoms with E-state index < -0.39 is 0 Å². The maximum atomic E-state index is 12.3. The summed E-state index contributed by atoms with van der Waals surface area (Å²) in [6.45, 7) is 15.1. The lowest BCUT2D eigenvalue weighted by Gasteiger charge is -2.18. The van der Waals surface area contributed by atoms with E-state index >= 15 is 0 Å². The summed E-state index contributed by atoms with van der Waals surface area (Å²) in [5.41, 5.74) is 2.52. The van der Waals surface area contributed by atoms with Crippen LogP contribution < -0.4 is 21.3 Å². The average molecular weight is 637 g/mol. The molecule has 0 aromatic heterocycles. The van der Waals surface area contributed by atoms with Crippen LogP contribution in [0.5, 0.6) is 0 Å². The number of unbranched alkanes of at least 4 members (excludes halogenated alkanes) is 5. The molecule has 4 N–H and O–H groups in total. The fourth-order valence-corrected chi connectivity index (χ4v) is 5.07. The van der Waals surface area contributed by atoms with E-state index in [0.29, 0.717) is 48.4 Å². The number of carbonyl (C=O) groups is 4. The summed E-state index contributed by atoms with van der Waals surface area (Å²) in [6, 6.07) is 14.0. The number of hydrogen-bond donors (Lipinski definition) is 4. The molecule has 254 valence electrons. The van der Waals surface area contributed by atoms with Crippen molar-refractivity contribution in [2.45, 2.75) is 79.1 Å². The second kappa shape index (κ2) is 22.7. The van der Waals surface area contributed by atoms with Gasteiger partial charge in [0.25, 0.3) is 11.8 Å². The van der Waals surface area contributed by atoms with E-state index in [1.165, 1.54) is 0 Å². The molecule has 0 aliphatic carbocycles. The van der Waals surface area contributed by atoms with Gasteiger partial charge in [-0.25, -0.2) is 0 Å². The van der Waals surface area contributed by atoms with Crippen LogP contribution in [0.15, 0.2) is 48.5 Å². The van der Waals surface area contributed by atoms with Gasteiger partial charge in [-0.15, -0.1) is 0 Å². The fraction of sp³-hybridized carbons (Fsp3) is 0.556. The lowest BCUT2D eigenvalue weighted by molar-refractivity contribution is -0.117. The normalized spacial score (nSPS) is 11.0. The molecule has 0 atom stereocenters. The SMILES string of the molecule is CCN(CC)CCNC(=O)c1ccc(NC(=O)CCCCCCCCC(=O)Nc2ccc(C(=O)NCCN(CC)CC)cc2)cc1. The summed E-state index contributed by atoms with van der Waals surface area (Å²) in [7, 11) is 0. The molecule has 46 heavy (non-hydrogen) atoms. The Bertz CT molecular complexity index is 1080.